The van der Waals surface area contributed by atoms with Gasteiger partial charge in [0.05, 0.1) is 16.7 Å². The Morgan fingerprint density at radius 2 is 1.74 bits per heavy atom. The molecule has 1 N–H and O–H groups in total. The fraction of sp³-hybridized carbons (Fsp3) is 0.286. The first-order chi connectivity index (χ1) is 22.6. The first-order valence-corrected chi connectivity index (χ1v) is 16.2. The molecule has 1 aliphatic heterocycles. The molecule has 2 aliphatic rings. The maximum Gasteiger partial charge on any atom is 0.408 e. The molecule has 0 radical (unpaired) electrons. The highest BCUT2D eigenvalue weighted by Crippen LogP contribution is 2.48. The molecule has 2 aromatic carbocycles. The zero-order valence-electron chi connectivity index (χ0n) is 26.1. The first-order valence-electron chi connectivity index (χ1n) is 15.3. The monoisotopic (exact) mass is 652 g/mol. The average molecular weight is 653 g/mol. The van der Waals surface area contributed by atoms with Crippen molar-refractivity contribution in [2.75, 3.05) is 13.1 Å². The van der Waals surface area contributed by atoms with E-state index in [0.717, 1.165) is 22.4 Å². The number of carbonyl (C=O) groups excluding carboxylic acids is 2. The molecule has 2 amide bonds. The van der Waals surface area contributed by atoms with E-state index < -0.39 is 11.6 Å². The van der Waals surface area contributed by atoms with E-state index in [1.165, 1.54) is 23.5 Å². The van der Waals surface area contributed by atoms with Crippen molar-refractivity contribution in [3.63, 3.8) is 0 Å². The van der Waals surface area contributed by atoms with E-state index in [4.69, 9.17) is 14.5 Å². The number of aromatic nitrogens is 4. The second-order valence-electron chi connectivity index (χ2n) is 12.4. The van der Waals surface area contributed by atoms with Gasteiger partial charge in [-0.1, -0.05) is 42.5 Å². The molecule has 0 bridgehead atoms. The molecule has 240 valence electrons. The summed E-state index contributed by atoms with van der Waals surface area (Å²) in [6.07, 6.45) is -0.684. The van der Waals surface area contributed by atoms with Crippen LogP contribution in [0.2, 0.25) is 0 Å². The lowest BCUT2D eigenvalue weighted by molar-refractivity contribution is 0.0740. The number of likely N-dealkylation sites (tertiary alicyclic amines) is 1. The molecule has 0 spiro atoms. The fourth-order valence-corrected chi connectivity index (χ4v) is 6.56. The van der Waals surface area contributed by atoms with Crippen LogP contribution in [0.25, 0.3) is 22.5 Å². The number of fused-ring (bicyclic) bond motifs is 1. The van der Waals surface area contributed by atoms with E-state index in [-0.39, 0.29) is 36.3 Å². The van der Waals surface area contributed by atoms with Crippen LogP contribution in [0, 0.1) is 17.7 Å². The molecule has 47 heavy (non-hydrogen) atoms. The summed E-state index contributed by atoms with van der Waals surface area (Å²) in [5, 5.41) is 9.31. The van der Waals surface area contributed by atoms with Crippen molar-refractivity contribution < 1.29 is 23.5 Å². The molecule has 12 heteroatoms. The maximum atomic E-state index is 13.8. The van der Waals surface area contributed by atoms with Gasteiger partial charge in [-0.25, -0.2) is 19.2 Å². The average Bonchev–Trinajstić information content (AvgIpc) is 3.57. The van der Waals surface area contributed by atoms with Crippen LogP contribution < -0.4 is 10.1 Å². The predicted octanol–water partition coefficient (Wildman–Crippen LogP) is 6.06. The van der Waals surface area contributed by atoms with Crippen molar-refractivity contribution in [3.05, 3.63) is 106 Å². The number of nitrogens with one attached hydrogen (secondary N) is 1. The molecule has 10 nitrogen and oxygen atoms in total. The van der Waals surface area contributed by atoms with Gasteiger partial charge in [-0.3, -0.25) is 9.48 Å². The highest BCUT2D eigenvalue weighted by Gasteiger charge is 2.59. The van der Waals surface area contributed by atoms with E-state index in [0.29, 0.717) is 36.1 Å². The highest BCUT2D eigenvalue weighted by atomic mass is 32.1. The van der Waals surface area contributed by atoms with E-state index in [9.17, 15) is 14.0 Å². The molecule has 7 rings (SSSR count). The van der Waals surface area contributed by atoms with Gasteiger partial charge in [-0.15, -0.1) is 11.3 Å². The van der Waals surface area contributed by atoms with E-state index in [1.54, 1.807) is 35.4 Å². The van der Waals surface area contributed by atoms with Crippen molar-refractivity contribution >= 4 is 23.3 Å². The van der Waals surface area contributed by atoms with Crippen LogP contribution >= 0.6 is 11.3 Å². The van der Waals surface area contributed by atoms with E-state index in [1.807, 2.05) is 66.6 Å². The largest absolute Gasteiger partial charge is 0.474 e. The van der Waals surface area contributed by atoms with Crippen LogP contribution in [0.1, 0.15) is 35.6 Å². The number of alkyl carbamates (subject to hydrolysis) is 1. The number of thiazole rings is 1. The molecule has 4 heterocycles. The van der Waals surface area contributed by atoms with Crippen LogP contribution in [0.3, 0.4) is 0 Å². The zero-order valence-corrected chi connectivity index (χ0v) is 26.9. The standard InChI is InChI=1S/C35H33FN6O4S/c1-35(2,39-34(44)45-18-21-7-5-4-6-8-21)30-13-23(22-9-11-24(36)12-10-22)14-31(38-30)46-32-25-16-42(17-26(25)32)33(43)29-15-27(40-41(29)3)28-19-47-20-37-28/h4-15,19-20,25-26,32H,16-18H2,1-3H3,(H,39,44)/t25-,26+,32?. The van der Waals surface area contributed by atoms with Crippen molar-refractivity contribution in [2.45, 2.75) is 32.1 Å². The van der Waals surface area contributed by atoms with E-state index in [2.05, 4.69) is 15.4 Å². The Bertz CT molecular complexity index is 1900. The van der Waals surface area contributed by atoms with Crippen LogP contribution in [0.4, 0.5) is 9.18 Å². The van der Waals surface area contributed by atoms with Gasteiger partial charge in [-0.2, -0.15) is 5.10 Å². The lowest BCUT2D eigenvalue weighted by Crippen LogP contribution is -2.42. The second kappa shape index (κ2) is 12.3. The molecule has 1 saturated carbocycles. The summed E-state index contributed by atoms with van der Waals surface area (Å²) >= 11 is 1.48. The lowest BCUT2D eigenvalue weighted by Gasteiger charge is -2.27. The Labute approximate surface area is 275 Å². The minimum atomic E-state index is -0.926. The number of piperidine rings is 1. The number of benzene rings is 2. The number of halogens is 1. The van der Waals surface area contributed by atoms with Crippen molar-refractivity contribution in [3.8, 4) is 28.4 Å². The molecule has 1 aliphatic carbocycles. The summed E-state index contributed by atoms with van der Waals surface area (Å²) < 4.78 is 27.3. The minimum Gasteiger partial charge on any atom is -0.474 e. The number of rotatable bonds is 9. The number of hydrogen-bond donors (Lipinski definition) is 1. The van der Waals surface area contributed by atoms with Gasteiger partial charge in [0, 0.05) is 43.4 Å². The lowest BCUT2D eigenvalue weighted by atomic mass is 9.96. The number of aryl methyl sites for hydroxylation is 1. The third-order valence-electron chi connectivity index (χ3n) is 8.70. The summed E-state index contributed by atoms with van der Waals surface area (Å²) in [5.41, 5.74) is 5.74. The summed E-state index contributed by atoms with van der Waals surface area (Å²) in [5.74, 6) is 0.329. The first kappa shape index (κ1) is 30.5. The molecule has 3 atom stereocenters. The van der Waals surface area contributed by atoms with Crippen molar-refractivity contribution in [2.24, 2.45) is 18.9 Å². The third kappa shape index (κ3) is 6.46. The topological polar surface area (TPSA) is 111 Å². The van der Waals surface area contributed by atoms with Crippen LogP contribution in [0.5, 0.6) is 5.88 Å². The number of ether oxygens (including phenoxy) is 2. The molecular weight excluding hydrogens is 619 g/mol. The number of amides is 2. The Morgan fingerprint density at radius 1 is 1.00 bits per heavy atom. The molecule has 1 unspecified atom stereocenters. The number of hydrogen-bond acceptors (Lipinski definition) is 8. The van der Waals surface area contributed by atoms with Gasteiger partial charge < -0.3 is 19.7 Å². The third-order valence-corrected chi connectivity index (χ3v) is 9.29. The number of carbonyl (C=O) groups is 2. The number of nitrogens with zero attached hydrogens (tertiary/aromatic N) is 5. The Kier molecular flexibility index (Phi) is 7.96. The summed E-state index contributed by atoms with van der Waals surface area (Å²) in [4.78, 5) is 37.2. The molecule has 1 saturated heterocycles. The summed E-state index contributed by atoms with van der Waals surface area (Å²) in [6.45, 7) is 4.94. The van der Waals surface area contributed by atoms with Gasteiger partial charge in [-0.05, 0) is 54.8 Å². The maximum absolute atomic E-state index is 13.8. The van der Waals surface area contributed by atoms with Crippen LogP contribution in [-0.2, 0) is 23.9 Å². The van der Waals surface area contributed by atoms with Gasteiger partial charge in [0.1, 0.15) is 35.6 Å². The van der Waals surface area contributed by atoms with Crippen molar-refractivity contribution in [1.29, 1.82) is 0 Å². The van der Waals surface area contributed by atoms with Crippen molar-refractivity contribution in [1.82, 2.24) is 30.0 Å². The predicted molar refractivity (Wildman–Crippen MR) is 174 cm³/mol. The fourth-order valence-electron chi connectivity index (χ4n) is 6.02. The van der Waals surface area contributed by atoms with E-state index >= 15 is 0 Å². The Balaban J connectivity index is 1.05. The summed E-state index contributed by atoms with van der Waals surface area (Å²) in [7, 11) is 1.77. The van der Waals surface area contributed by atoms with Crippen LogP contribution in [0.15, 0.2) is 83.7 Å². The zero-order chi connectivity index (χ0) is 32.7. The Morgan fingerprint density at radius 3 is 2.45 bits per heavy atom. The van der Waals surface area contributed by atoms with Gasteiger partial charge in [0.25, 0.3) is 5.91 Å². The highest BCUT2D eigenvalue weighted by molar-refractivity contribution is 7.07. The van der Waals surface area contributed by atoms with Gasteiger partial charge >= 0.3 is 6.09 Å². The second-order valence-corrected chi connectivity index (χ2v) is 13.1. The molecule has 5 aromatic rings. The summed E-state index contributed by atoms with van der Waals surface area (Å²) in [6, 6.07) is 21.1. The van der Waals surface area contributed by atoms with Gasteiger partial charge in [0.2, 0.25) is 5.88 Å². The minimum absolute atomic E-state index is 0.0712. The molecular formula is C35H33FN6O4S. The number of pyridine rings is 1. The smallest absolute Gasteiger partial charge is 0.408 e. The SMILES string of the molecule is Cn1nc(-c2cscn2)cc1C(=O)N1C[C@@H]2C(Oc3cc(-c4ccc(F)cc4)cc(C(C)(C)NC(=O)OCc4ccccc4)n3)[C@@H]2C1. The molecule has 2 fully saturated rings. The molecule has 3 aromatic heterocycles. The van der Waals surface area contributed by atoms with Gasteiger partial charge in [0.15, 0.2) is 0 Å². The quantitative estimate of drug-likeness (QED) is 0.206. The Hall–Kier alpha value is -5.10. The van der Waals surface area contributed by atoms with Crippen LogP contribution in [-0.4, -0.2) is 55.8 Å². The normalized spacial score (nSPS) is 18.5.